The van der Waals surface area contributed by atoms with Crippen molar-refractivity contribution in [2.24, 2.45) is 0 Å². The van der Waals surface area contributed by atoms with Gasteiger partial charge in [0.15, 0.2) is 0 Å². The van der Waals surface area contributed by atoms with E-state index in [0.717, 1.165) is 42.0 Å². The van der Waals surface area contributed by atoms with Crippen LogP contribution in [-0.4, -0.2) is 66.4 Å². The van der Waals surface area contributed by atoms with Crippen molar-refractivity contribution in [1.82, 2.24) is 15.1 Å². The summed E-state index contributed by atoms with van der Waals surface area (Å²) in [7, 11) is 1.57. The normalized spacial score (nSPS) is 14.1. The Bertz CT molecular complexity index is 737. The number of unbranched alkanes of at least 4 members (excludes halogenated alkanes) is 3. The quantitative estimate of drug-likeness (QED) is 0.252. The van der Waals surface area contributed by atoms with Crippen LogP contribution in [0.4, 0.5) is 0 Å². The van der Waals surface area contributed by atoms with Crippen molar-refractivity contribution in [3.05, 3.63) is 29.3 Å². The second-order valence-electron chi connectivity index (χ2n) is 7.92. The van der Waals surface area contributed by atoms with Gasteiger partial charge in [0.05, 0.1) is 6.04 Å². The maximum atomic E-state index is 12.9. The first-order valence-corrected chi connectivity index (χ1v) is 12.5. The number of carbonyl (C=O) groups excluding carboxylic acids is 3. The van der Waals surface area contributed by atoms with E-state index in [4.69, 9.17) is 0 Å². The molecular weight excluding hydrogens is 410 g/mol. The minimum Gasteiger partial charge on any atom is -0.359 e. The van der Waals surface area contributed by atoms with E-state index in [0.29, 0.717) is 18.5 Å². The third kappa shape index (κ3) is 7.35. The van der Waals surface area contributed by atoms with Gasteiger partial charge in [-0.15, -0.1) is 11.8 Å². The molecule has 0 aliphatic carbocycles. The third-order valence-corrected chi connectivity index (χ3v) is 7.16. The van der Waals surface area contributed by atoms with Crippen LogP contribution in [0.5, 0.6) is 0 Å². The lowest BCUT2D eigenvalue weighted by atomic mass is 10.1. The zero-order valence-corrected chi connectivity index (χ0v) is 20.0. The minimum absolute atomic E-state index is 0.108. The zero-order valence-electron chi connectivity index (χ0n) is 19.2. The molecule has 0 spiro atoms. The van der Waals surface area contributed by atoms with Crippen molar-refractivity contribution in [1.29, 1.82) is 0 Å². The zero-order chi connectivity index (χ0) is 22.6. The van der Waals surface area contributed by atoms with Crippen molar-refractivity contribution >= 4 is 29.9 Å². The molecule has 2 amide bonds. The summed E-state index contributed by atoms with van der Waals surface area (Å²) in [4.78, 5) is 41.2. The molecule has 0 saturated carbocycles. The molecule has 0 fully saturated rings. The van der Waals surface area contributed by atoms with E-state index in [1.165, 1.54) is 25.8 Å². The Morgan fingerprint density at radius 2 is 1.97 bits per heavy atom. The standard InChI is InChI=1S/C24H37N3O3S/c1-4-26(5-2)15-8-6-7-9-16-31-22-12-10-11-20-21(22)17-27(24(20)30)19(18-28)13-14-23(29)25-3/h10-12,18-19H,4-9,13-17H2,1-3H3,(H,25,29). The fourth-order valence-corrected chi connectivity index (χ4v) is 5.04. The first-order chi connectivity index (χ1) is 15.0. The van der Waals surface area contributed by atoms with Gasteiger partial charge in [-0.2, -0.15) is 0 Å². The first kappa shape index (κ1) is 25.4. The highest BCUT2D eigenvalue weighted by atomic mass is 32.2. The molecule has 1 aliphatic rings. The van der Waals surface area contributed by atoms with Crippen LogP contribution < -0.4 is 5.32 Å². The average Bonchev–Trinajstić information content (AvgIpc) is 3.13. The Hall–Kier alpha value is -1.86. The molecule has 31 heavy (non-hydrogen) atoms. The summed E-state index contributed by atoms with van der Waals surface area (Å²) in [5.74, 6) is 0.802. The minimum atomic E-state index is -0.569. The van der Waals surface area contributed by atoms with Crippen LogP contribution in [0.2, 0.25) is 0 Å². The van der Waals surface area contributed by atoms with Gasteiger partial charge in [-0.1, -0.05) is 32.8 Å². The van der Waals surface area contributed by atoms with E-state index in [1.807, 2.05) is 12.1 Å². The highest BCUT2D eigenvalue weighted by Gasteiger charge is 2.34. The number of amides is 2. The molecule has 7 heteroatoms. The van der Waals surface area contributed by atoms with Gasteiger partial charge in [0.1, 0.15) is 6.29 Å². The Balaban J connectivity index is 1.84. The first-order valence-electron chi connectivity index (χ1n) is 11.5. The van der Waals surface area contributed by atoms with Gasteiger partial charge in [-0.25, -0.2) is 0 Å². The predicted molar refractivity (Wildman–Crippen MR) is 126 cm³/mol. The number of thioether (sulfide) groups is 1. The molecule has 0 saturated heterocycles. The fraction of sp³-hybridized carbons (Fsp3) is 0.625. The molecule has 1 N–H and O–H groups in total. The molecule has 172 valence electrons. The predicted octanol–water partition coefficient (Wildman–Crippen LogP) is 3.73. The van der Waals surface area contributed by atoms with E-state index in [1.54, 1.807) is 23.7 Å². The number of nitrogens with one attached hydrogen (secondary N) is 1. The highest BCUT2D eigenvalue weighted by Crippen LogP contribution is 2.34. The molecular formula is C24H37N3O3S. The number of hydrogen-bond acceptors (Lipinski definition) is 5. The van der Waals surface area contributed by atoms with Gasteiger partial charge in [0.2, 0.25) is 5.91 Å². The van der Waals surface area contributed by atoms with Crippen molar-refractivity contribution in [2.75, 3.05) is 32.4 Å². The van der Waals surface area contributed by atoms with Gasteiger partial charge >= 0.3 is 0 Å². The van der Waals surface area contributed by atoms with E-state index in [2.05, 4.69) is 30.1 Å². The monoisotopic (exact) mass is 447 g/mol. The molecule has 0 radical (unpaired) electrons. The lowest BCUT2D eigenvalue weighted by Gasteiger charge is -2.22. The number of nitrogens with zero attached hydrogens (tertiary/aromatic N) is 2. The summed E-state index contributed by atoms with van der Waals surface area (Å²) in [6, 6.07) is 5.27. The van der Waals surface area contributed by atoms with Crippen molar-refractivity contribution in [3.8, 4) is 0 Å². The molecule has 1 unspecified atom stereocenters. The second-order valence-corrected chi connectivity index (χ2v) is 9.06. The molecule has 0 aromatic heterocycles. The van der Waals surface area contributed by atoms with E-state index in [-0.39, 0.29) is 18.2 Å². The van der Waals surface area contributed by atoms with Crippen LogP contribution in [0, 0.1) is 0 Å². The van der Waals surface area contributed by atoms with Crippen LogP contribution in [0.15, 0.2) is 23.1 Å². The summed E-state index contributed by atoms with van der Waals surface area (Å²) in [6.45, 7) is 8.30. The number of benzene rings is 1. The number of rotatable bonds is 15. The molecule has 1 atom stereocenters. The number of carbonyl (C=O) groups is 3. The van der Waals surface area contributed by atoms with Gasteiger partial charge in [-0.3, -0.25) is 9.59 Å². The van der Waals surface area contributed by atoms with E-state index >= 15 is 0 Å². The topological polar surface area (TPSA) is 69.7 Å². The smallest absolute Gasteiger partial charge is 0.255 e. The summed E-state index contributed by atoms with van der Waals surface area (Å²) in [6.07, 6.45) is 6.25. The number of hydrogen-bond donors (Lipinski definition) is 1. The van der Waals surface area contributed by atoms with Crippen LogP contribution in [0.3, 0.4) is 0 Å². The third-order valence-electron chi connectivity index (χ3n) is 5.98. The largest absolute Gasteiger partial charge is 0.359 e. The van der Waals surface area contributed by atoms with Gasteiger partial charge in [-0.05, 0) is 62.3 Å². The lowest BCUT2D eigenvalue weighted by Crippen LogP contribution is -2.37. The van der Waals surface area contributed by atoms with Crippen molar-refractivity contribution in [3.63, 3.8) is 0 Å². The Labute approximate surface area is 191 Å². The average molecular weight is 448 g/mol. The summed E-state index contributed by atoms with van der Waals surface area (Å²) < 4.78 is 0. The Morgan fingerprint density at radius 1 is 1.23 bits per heavy atom. The summed E-state index contributed by atoms with van der Waals surface area (Å²) in [5.41, 5.74) is 1.71. The highest BCUT2D eigenvalue weighted by molar-refractivity contribution is 7.99. The van der Waals surface area contributed by atoms with Gasteiger partial charge in [0.25, 0.3) is 5.91 Å². The van der Waals surface area contributed by atoms with Crippen LogP contribution in [0.1, 0.15) is 68.3 Å². The molecule has 1 heterocycles. The Kier molecular flexibility index (Phi) is 11.1. The Morgan fingerprint density at radius 3 is 2.65 bits per heavy atom. The van der Waals surface area contributed by atoms with Crippen molar-refractivity contribution in [2.45, 2.75) is 69.9 Å². The SMILES string of the molecule is CCN(CC)CCCCCCSc1cccc2c1CN(C(C=O)CCC(=O)NC)C2=O. The fourth-order valence-electron chi connectivity index (χ4n) is 3.94. The lowest BCUT2D eigenvalue weighted by molar-refractivity contribution is -0.121. The van der Waals surface area contributed by atoms with Gasteiger partial charge < -0.3 is 19.9 Å². The summed E-state index contributed by atoms with van der Waals surface area (Å²) in [5, 5.41) is 2.56. The summed E-state index contributed by atoms with van der Waals surface area (Å²) >= 11 is 1.80. The van der Waals surface area contributed by atoms with Gasteiger partial charge in [0, 0.05) is 30.5 Å². The molecule has 0 bridgehead atoms. The second kappa shape index (κ2) is 13.5. The number of aldehydes is 1. The number of fused-ring (bicyclic) bond motifs is 1. The molecule has 1 aromatic carbocycles. The molecule has 1 aromatic rings. The van der Waals surface area contributed by atoms with Crippen LogP contribution >= 0.6 is 11.8 Å². The molecule has 1 aliphatic heterocycles. The van der Waals surface area contributed by atoms with Crippen molar-refractivity contribution < 1.29 is 14.4 Å². The molecule has 2 rings (SSSR count). The maximum Gasteiger partial charge on any atom is 0.255 e. The van der Waals surface area contributed by atoms with E-state index in [9.17, 15) is 14.4 Å². The maximum absolute atomic E-state index is 12.9. The van der Waals surface area contributed by atoms with Crippen LogP contribution in [0.25, 0.3) is 0 Å². The van der Waals surface area contributed by atoms with E-state index < -0.39 is 6.04 Å². The van der Waals surface area contributed by atoms with Crippen LogP contribution in [-0.2, 0) is 16.1 Å². The molecule has 6 nitrogen and oxygen atoms in total.